The minimum absolute atomic E-state index is 0.0200. The van der Waals surface area contributed by atoms with E-state index in [0.717, 1.165) is 6.42 Å². The lowest BCUT2D eigenvalue weighted by molar-refractivity contribution is 0.199. The summed E-state index contributed by atoms with van der Waals surface area (Å²) >= 11 is 0. The van der Waals surface area contributed by atoms with Crippen molar-refractivity contribution in [2.45, 2.75) is 32.7 Å². The van der Waals surface area contributed by atoms with E-state index < -0.39 is 0 Å². The molecule has 0 spiro atoms. The standard InChI is InChI=1S/C14H22N2O/c1-5-16(4)13(17)15-14(2,3)11-12-9-7-6-8-10-12/h6-10H,5,11H2,1-4H3,(H,15,17). The second-order valence-corrected chi connectivity index (χ2v) is 4.99. The molecule has 0 saturated carbocycles. The first-order valence-electron chi connectivity index (χ1n) is 6.02. The molecule has 0 radical (unpaired) electrons. The quantitative estimate of drug-likeness (QED) is 0.853. The number of nitrogens with one attached hydrogen (secondary N) is 1. The van der Waals surface area contributed by atoms with Crippen molar-refractivity contribution in [3.8, 4) is 0 Å². The van der Waals surface area contributed by atoms with Crippen LogP contribution in [0.1, 0.15) is 26.3 Å². The number of rotatable bonds is 4. The second kappa shape index (κ2) is 5.71. The van der Waals surface area contributed by atoms with Crippen LogP contribution >= 0.6 is 0 Å². The van der Waals surface area contributed by atoms with Crippen LogP contribution in [0.5, 0.6) is 0 Å². The van der Waals surface area contributed by atoms with E-state index in [0.29, 0.717) is 6.54 Å². The number of carbonyl (C=O) groups is 1. The third-order valence-corrected chi connectivity index (χ3v) is 2.76. The van der Waals surface area contributed by atoms with E-state index in [1.165, 1.54) is 5.56 Å². The van der Waals surface area contributed by atoms with Crippen LogP contribution in [0.4, 0.5) is 4.79 Å². The third kappa shape index (κ3) is 4.47. The van der Waals surface area contributed by atoms with E-state index in [1.807, 2.05) is 39.0 Å². The van der Waals surface area contributed by atoms with E-state index in [1.54, 1.807) is 11.9 Å². The fraction of sp³-hybridized carbons (Fsp3) is 0.500. The summed E-state index contributed by atoms with van der Waals surface area (Å²) in [6.45, 7) is 6.76. The maximum Gasteiger partial charge on any atom is 0.317 e. The SMILES string of the molecule is CCN(C)C(=O)NC(C)(C)Cc1ccccc1. The average molecular weight is 234 g/mol. The number of amides is 2. The molecule has 2 amide bonds. The van der Waals surface area contributed by atoms with Gasteiger partial charge < -0.3 is 10.2 Å². The van der Waals surface area contributed by atoms with Crippen LogP contribution in [-0.4, -0.2) is 30.1 Å². The molecule has 0 aliphatic carbocycles. The predicted octanol–water partition coefficient (Wildman–Crippen LogP) is 2.67. The molecule has 94 valence electrons. The number of hydrogen-bond acceptors (Lipinski definition) is 1. The zero-order valence-electron chi connectivity index (χ0n) is 11.2. The Morgan fingerprint density at radius 3 is 2.41 bits per heavy atom. The molecular weight excluding hydrogens is 212 g/mol. The summed E-state index contributed by atoms with van der Waals surface area (Å²) in [6, 6.07) is 10.2. The molecule has 0 aliphatic rings. The fourth-order valence-corrected chi connectivity index (χ4v) is 1.68. The molecule has 0 atom stereocenters. The van der Waals surface area contributed by atoms with Gasteiger partial charge in [0.2, 0.25) is 0 Å². The highest BCUT2D eigenvalue weighted by Crippen LogP contribution is 2.12. The summed E-state index contributed by atoms with van der Waals surface area (Å²) in [5.74, 6) is 0. The Morgan fingerprint density at radius 2 is 1.88 bits per heavy atom. The molecule has 1 rings (SSSR count). The lowest BCUT2D eigenvalue weighted by Gasteiger charge is -2.29. The normalized spacial score (nSPS) is 11.1. The van der Waals surface area contributed by atoms with Gasteiger partial charge >= 0.3 is 6.03 Å². The van der Waals surface area contributed by atoms with Crippen LogP contribution in [0.25, 0.3) is 0 Å². The summed E-state index contributed by atoms with van der Waals surface area (Å²) < 4.78 is 0. The van der Waals surface area contributed by atoms with Crippen LogP contribution in [-0.2, 0) is 6.42 Å². The molecular formula is C14H22N2O. The van der Waals surface area contributed by atoms with E-state index in [9.17, 15) is 4.79 Å². The summed E-state index contributed by atoms with van der Waals surface area (Å²) in [7, 11) is 1.80. The van der Waals surface area contributed by atoms with Crippen molar-refractivity contribution in [3.63, 3.8) is 0 Å². The van der Waals surface area contributed by atoms with Crippen molar-refractivity contribution in [1.82, 2.24) is 10.2 Å². The highest BCUT2D eigenvalue weighted by molar-refractivity contribution is 5.74. The molecule has 1 aromatic carbocycles. The monoisotopic (exact) mass is 234 g/mol. The number of hydrogen-bond donors (Lipinski definition) is 1. The summed E-state index contributed by atoms with van der Waals surface area (Å²) in [6.07, 6.45) is 0.830. The Bertz CT molecular complexity index is 360. The zero-order chi connectivity index (χ0) is 12.9. The van der Waals surface area contributed by atoms with E-state index >= 15 is 0 Å². The molecule has 1 aromatic rings. The van der Waals surface area contributed by atoms with Crippen molar-refractivity contribution in [2.24, 2.45) is 0 Å². The molecule has 1 N–H and O–H groups in total. The second-order valence-electron chi connectivity index (χ2n) is 4.99. The molecule has 0 aliphatic heterocycles. The number of nitrogens with zero attached hydrogens (tertiary/aromatic N) is 1. The maximum absolute atomic E-state index is 11.8. The Kier molecular flexibility index (Phi) is 4.55. The Labute approximate surface area is 104 Å². The molecule has 0 bridgehead atoms. The highest BCUT2D eigenvalue weighted by Gasteiger charge is 2.22. The van der Waals surface area contributed by atoms with Gasteiger partial charge in [-0.1, -0.05) is 30.3 Å². The number of benzene rings is 1. The van der Waals surface area contributed by atoms with Gasteiger partial charge in [0.05, 0.1) is 0 Å². The van der Waals surface area contributed by atoms with E-state index in [2.05, 4.69) is 17.4 Å². The van der Waals surface area contributed by atoms with Gasteiger partial charge in [0.1, 0.15) is 0 Å². The minimum atomic E-state index is -0.234. The average Bonchev–Trinajstić information content (AvgIpc) is 2.27. The first-order chi connectivity index (χ1) is 7.94. The summed E-state index contributed by atoms with van der Waals surface area (Å²) in [5, 5.41) is 3.04. The molecule has 3 heteroatoms. The van der Waals surface area contributed by atoms with Gasteiger partial charge in [0, 0.05) is 19.1 Å². The van der Waals surface area contributed by atoms with Gasteiger partial charge in [-0.05, 0) is 32.8 Å². The van der Waals surface area contributed by atoms with E-state index in [-0.39, 0.29) is 11.6 Å². The van der Waals surface area contributed by atoms with Crippen molar-refractivity contribution < 1.29 is 4.79 Å². The van der Waals surface area contributed by atoms with Crippen molar-refractivity contribution >= 4 is 6.03 Å². The molecule has 0 heterocycles. The molecule has 0 saturated heterocycles. The number of urea groups is 1. The first-order valence-corrected chi connectivity index (χ1v) is 6.02. The van der Waals surface area contributed by atoms with Crippen LogP contribution in [0.3, 0.4) is 0 Å². The third-order valence-electron chi connectivity index (χ3n) is 2.76. The van der Waals surface area contributed by atoms with Crippen molar-refractivity contribution in [3.05, 3.63) is 35.9 Å². The Balaban J connectivity index is 2.60. The summed E-state index contributed by atoms with van der Waals surface area (Å²) in [5.41, 5.74) is 0.999. The molecule has 3 nitrogen and oxygen atoms in total. The molecule has 17 heavy (non-hydrogen) atoms. The highest BCUT2D eigenvalue weighted by atomic mass is 16.2. The van der Waals surface area contributed by atoms with Gasteiger partial charge in [-0.3, -0.25) is 0 Å². The molecule has 0 fully saturated rings. The largest absolute Gasteiger partial charge is 0.333 e. The summed E-state index contributed by atoms with van der Waals surface area (Å²) in [4.78, 5) is 13.5. The topological polar surface area (TPSA) is 32.3 Å². The molecule has 0 aromatic heterocycles. The van der Waals surface area contributed by atoms with Crippen LogP contribution in [0.15, 0.2) is 30.3 Å². The minimum Gasteiger partial charge on any atom is -0.333 e. The maximum atomic E-state index is 11.8. The van der Waals surface area contributed by atoms with Crippen LogP contribution in [0, 0.1) is 0 Å². The van der Waals surface area contributed by atoms with Crippen LogP contribution in [0.2, 0.25) is 0 Å². The van der Waals surface area contributed by atoms with Gasteiger partial charge in [0.15, 0.2) is 0 Å². The van der Waals surface area contributed by atoms with Crippen LogP contribution < -0.4 is 5.32 Å². The smallest absolute Gasteiger partial charge is 0.317 e. The van der Waals surface area contributed by atoms with Gasteiger partial charge in [-0.2, -0.15) is 0 Å². The zero-order valence-corrected chi connectivity index (χ0v) is 11.2. The lowest BCUT2D eigenvalue weighted by atomic mass is 9.95. The fourth-order valence-electron chi connectivity index (χ4n) is 1.68. The Morgan fingerprint density at radius 1 is 1.29 bits per heavy atom. The van der Waals surface area contributed by atoms with Gasteiger partial charge in [0.25, 0.3) is 0 Å². The first kappa shape index (κ1) is 13.6. The van der Waals surface area contributed by atoms with Crippen molar-refractivity contribution in [1.29, 1.82) is 0 Å². The van der Waals surface area contributed by atoms with Gasteiger partial charge in [-0.15, -0.1) is 0 Å². The number of carbonyl (C=O) groups excluding carboxylic acids is 1. The predicted molar refractivity (Wildman–Crippen MR) is 71.1 cm³/mol. The Hall–Kier alpha value is -1.51. The molecule has 0 unspecified atom stereocenters. The lowest BCUT2D eigenvalue weighted by Crippen LogP contribution is -2.50. The van der Waals surface area contributed by atoms with E-state index in [4.69, 9.17) is 0 Å². The van der Waals surface area contributed by atoms with Crippen molar-refractivity contribution in [2.75, 3.05) is 13.6 Å². The van der Waals surface area contributed by atoms with Gasteiger partial charge in [-0.25, -0.2) is 4.79 Å².